The number of nitrogens with one attached hydrogen (secondary N) is 2. The highest BCUT2D eigenvalue weighted by Gasteiger charge is 2.25. The average Bonchev–Trinajstić information content (AvgIpc) is 3.27. The van der Waals surface area contributed by atoms with Crippen LogP contribution in [0.25, 0.3) is 11.0 Å². The third-order valence-corrected chi connectivity index (χ3v) is 7.14. The number of hydrogen-bond acceptors (Lipinski definition) is 4. The van der Waals surface area contributed by atoms with Crippen LogP contribution in [-0.4, -0.2) is 39.9 Å². The summed E-state index contributed by atoms with van der Waals surface area (Å²) < 4.78 is 0. The number of benzene rings is 1. The van der Waals surface area contributed by atoms with E-state index >= 15 is 0 Å². The minimum Gasteiger partial charge on any atom is -0.359 e. The van der Waals surface area contributed by atoms with E-state index in [-0.39, 0.29) is 11.9 Å². The molecule has 2 aromatic heterocycles. The lowest BCUT2D eigenvalue weighted by Gasteiger charge is -2.33. The Kier molecular flexibility index (Phi) is 5.91. The fraction of sp³-hybridized carbons (Fsp3) is 0.423. The predicted molar refractivity (Wildman–Crippen MR) is 124 cm³/mol. The number of carbonyl (C=O) groups excluding carboxylic acids is 1. The van der Waals surface area contributed by atoms with Gasteiger partial charge in [-0.05, 0) is 86.4 Å². The lowest BCUT2D eigenvalue weighted by molar-refractivity contribution is 0.0921. The number of rotatable bonds is 5. The third-order valence-electron chi connectivity index (χ3n) is 7.14. The van der Waals surface area contributed by atoms with E-state index in [1.807, 2.05) is 18.2 Å². The van der Waals surface area contributed by atoms with Gasteiger partial charge in [-0.25, -0.2) is 0 Å². The van der Waals surface area contributed by atoms with Gasteiger partial charge < -0.3 is 10.3 Å². The molecular formula is C26H29N5O. The van der Waals surface area contributed by atoms with Gasteiger partial charge >= 0.3 is 0 Å². The van der Waals surface area contributed by atoms with Gasteiger partial charge in [-0.1, -0.05) is 6.07 Å². The molecule has 32 heavy (non-hydrogen) atoms. The molecule has 6 nitrogen and oxygen atoms in total. The number of fused-ring (bicyclic) bond motifs is 2. The molecule has 3 aromatic rings. The summed E-state index contributed by atoms with van der Waals surface area (Å²) in [7, 11) is 0. The SMILES string of the molecule is N#Cc1ccc2c(c1)CN(CCC1CCC(NC(=O)c3c[nH]c4cccnc34)CC1)CC2. The Bertz CT molecular complexity index is 1150. The molecule has 0 atom stereocenters. The standard InChI is InChI=1S/C26H29N5O/c27-15-19-3-6-20-10-13-31(17-21(20)14-19)12-9-18-4-7-22(8-5-18)30-26(32)23-16-29-24-2-1-11-28-25(23)24/h1-3,6,11,14,16,18,22,29H,4-5,7-10,12-13,17H2,(H,30,32). The van der Waals surface area contributed by atoms with E-state index in [1.54, 1.807) is 12.4 Å². The monoisotopic (exact) mass is 427 g/mol. The molecule has 2 aliphatic rings. The first-order valence-electron chi connectivity index (χ1n) is 11.7. The van der Waals surface area contributed by atoms with Gasteiger partial charge in [-0.3, -0.25) is 14.7 Å². The van der Waals surface area contributed by atoms with E-state index in [4.69, 9.17) is 5.26 Å². The maximum absolute atomic E-state index is 12.8. The molecular weight excluding hydrogens is 398 g/mol. The predicted octanol–water partition coefficient (Wildman–Crippen LogP) is 4.17. The lowest BCUT2D eigenvalue weighted by atomic mass is 9.83. The van der Waals surface area contributed by atoms with Crippen LogP contribution < -0.4 is 5.32 Å². The van der Waals surface area contributed by atoms with Gasteiger partial charge in [0.05, 0.1) is 22.7 Å². The van der Waals surface area contributed by atoms with E-state index < -0.39 is 0 Å². The van der Waals surface area contributed by atoms with Crippen LogP contribution in [0.2, 0.25) is 0 Å². The molecule has 0 spiro atoms. The van der Waals surface area contributed by atoms with Crippen molar-refractivity contribution in [3.63, 3.8) is 0 Å². The van der Waals surface area contributed by atoms with Gasteiger partial charge in [0, 0.05) is 31.5 Å². The zero-order valence-corrected chi connectivity index (χ0v) is 18.3. The summed E-state index contributed by atoms with van der Waals surface area (Å²) in [4.78, 5) is 22.8. The third kappa shape index (κ3) is 4.39. The summed E-state index contributed by atoms with van der Waals surface area (Å²) in [5.41, 5.74) is 5.73. The number of H-pyrrole nitrogens is 1. The Balaban J connectivity index is 1.08. The molecule has 1 saturated carbocycles. The molecule has 6 heteroatoms. The minimum absolute atomic E-state index is 0.0258. The fourth-order valence-corrected chi connectivity index (χ4v) is 5.23. The van der Waals surface area contributed by atoms with Crippen molar-refractivity contribution in [1.29, 1.82) is 5.26 Å². The Morgan fingerprint density at radius 1 is 1.22 bits per heavy atom. The number of amides is 1. The van der Waals surface area contributed by atoms with Crippen molar-refractivity contribution < 1.29 is 4.79 Å². The molecule has 1 aromatic carbocycles. The van der Waals surface area contributed by atoms with Crippen molar-refractivity contribution in [2.24, 2.45) is 5.92 Å². The minimum atomic E-state index is -0.0258. The normalized spacial score (nSPS) is 21.1. The number of aromatic amines is 1. The van der Waals surface area contributed by atoms with Crippen LogP contribution in [0, 0.1) is 17.2 Å². The van der Waals surface area contributed by atoms with Gasteiger partial charge in [0.15, 0.2) is 0 Å². The van der Waals surface area contributed by atoms with Crippen LogP contribution in [0.4, 0.5) is 0 Å². The van der Waals surface area contributed by atoms with E-state index in [1.165, 1.54) is 30.4 Å². The Hall–Kier alpha value is -3.17. The summed E-state index contributed by atoms with van der Waals surface area (Å²) in [6.07, 6.45) is 10.2. The maximum Gasteiger partial charge on any atom is 0.255 e. The molecule has 1 aliphatic heterocycles. The summed E-state index contributed by atoms with van der Waals surface area (Å²) in [5, 5.41) is 12.4. The smallest absolute Gasteiger partial charge is 0.255 e. The number of nitrogens with zero attached hydrogens (tertiary/aromatic N) is 3. The second-order valence-corrected chi connectivity index (χ2v) is 9.20. The van der Waals surface area contributed by atoms with Gasteiger partial charge in [0.1, 0.15) is 5.52 Å². The number of hydrogen-bond donors (Lipinski definition) is 2. The van der Waals surface area contributed by atoms with E-state index in [0.717, 1.165) is 61.4 Å². The number of aromatic nitrogens is 2. The van der Waals surface area contributed by atoms with E-state index in [0.29, 0.717) is 5.56 Å². The molecule has 5 rings (SSSR count). The van der Waals surface area contributed by atoms with E-state index in [9.17, 15) is 4.79 Å². The van der Waals surface area contributed by atoms with Crippen molar-refractivity contribution in [3.05, 3.63) is 65.0 Å². The molecule has 1 amide bonds. The maximum atomic E-state index is 12.8. The molecule has 3 heterocycles. The molecule has 0 radical (unpaired) electrons. The molecule has 1 fully saturated rings. The highest BCUT2D eigenvalue weighted by atomic mass is 16.1. The van der Waals surface area contributed by atoms with Crippen molar-refractivity contribution in [1.82, 2.24) is 20.2 Å². The molecule has 1 aliphatic carbocycles. The summed E-state index contributed by atoms with van der Waals surface area (Å²) in [5.74, 6) is 0.701. The topological polar surface area (TPSA) is 84.8 Å². The van der Waals surface area contributed by atoms with Crippen molar-refractivity contribution >= 4 is 16.9 Å². The highest BCUT2D eigenvalue weighted by molar-refractivity contribution is 6.05. The van der Waals surface area contributed by atoms with Crippen LogP contribution in [-0.2, 0) is 13.0 Å². The van der Waals surface area contributed by atoms with Gasteiger partial charge in [-0.2, -0.15) is 5.26 Å². The summed E-state index contributed by atoms with van der Waals surface area (Å²) >= 11 is 0. The van der Waals surface area contributed by atoms with Crippen molar-refractivity contribution in [2.45, 2.75) is 51.1 Å². The first-order chi connectivity index (χ1) is 15.7. The first kappa shape index (κ1) is 20.7. The van der Waals surface area contributed by atoms with Gasteiger partial charge in [0.2, 0.25) is 0 Å². The first-order valence-corrected chi connectivity index (χ1v) is 11.7. The Morgan fingerprint density at radius 3 is 2.94 bits per heavy atom. The zero-order valence-electron chi connectivity index (χ0n) is 18.3. The second kappa shape index (κ2) is 9.13. The fourth-order valence-electron chi connectivity index (χ4n) is 5.23. The largest absolute Gasteiger partial charge is 0.359 e. The van der Waals surface area contributed by atoms with Crippen LogP contribution in [0.1, 0.15) is 59.2 Å². The van der Waals surface area contributed by atoms with E-state index in [2.05, 4.69) is 38.4 Å². The van der Waals surface area contributed by atoms with Crippen LogP contribution in [0.15, 0.2) is 42.7 Å². The van der Waals surface area contributed by atoms with Crippen LogP contribution >= 0.6 is 0 Å². The number of carbonyl (C=O) groups is 1. The molecule has 2 N–H and O–H groups in total. The van der Waals surface area contributed by atoms with Gasteiger partial charge in [0.25, 0.3) is 5.91 Å². The molecule has 0 saturated heterocycles. The lowest BCUT2D eigenvalue weighted by Crippen LogP contribution is -2.38. The summed E-state index contributed by atoms with van der Waals surface area (Å²) in [6, 6.07) is 12.4. The van der Waals surface area contributed by atoms with Gasteiger partial charge in [-0.15, -0.1) is 0 Å². The van der Waals surface area contributed by atoms with Crippen LogP contribution in [0.3, 0.4) is 0 Å². The average molecular weight is 428 g/mol. The zero-order chi connectivity index (χ0) is 21.9. The number of pyridine rings is 1. The quantitative estimate of drug-likeness (QED) is 0.640. The second-order valence-electron chi connectivity index (χ2n) is 9.20. The Labute approximate surface area is 188 Å². The van der Waals surface area contributed by atoms with Crippen molar-refractivity contribution in [2.75, 3.05) is 13.1 Å². The molecule has 0 unspecified atom stereocenters. The summed E-state index contributed by atoms with van der Waals surface area (Å²) in [6.45, 7) is 3.16. The van der Waals surface area contributed by atoms with Crippen molar-refractivity contribution in [3.8, 4) is 6.07 Å². The molecule has 164 valence electrons. The highest BCUT2D eigenvalue weighted by Crippen LogP contribution is 2.29. The molecule has 0 bridgehead atoms. The van der Waals surface area contributed by atoms with Crippen LogP contribution in [0.5, 0.6) is 0 Å². The number of nitriles is 1. The Morgan fingerprint density at radius 2 is 2.09 bits per heavy atom.